The molecule has 0 aliphatic rings. The van der Waals surface area contributed by atoms with E-state index in [2.05, 4.69) is 48.6 Å². The van der Waals surface area contributed by atoms with E-state index in [9.17, 15) is 0 Å². The van der Waals surface area contributed by atoms with Gasteiger partial charge in [0.25, 0.3) is 0 Å². The van der Waals surface area contributed by atoms with Crippen molar-refractivity contribution in [3.63, 3.8) is 0 Å². The molecular weight excluding hydrogens is 264 g/mol. The largest absolute Gasteiger partial charge is 0.493 e. The number of ether oxygens (including phenoxy) is 1. The number of methoxy groups -OCH3 is 1. The fourth-order valence-electron chi connectivity index (χ4n) is 2.85. The molecule has 0 fully saturated rings. The van der Waals surface area contributed by atoms with Gasteiger partial charge in [-0.1, -0.05) is 37.3 Å². The number of aryl methyl sites for hydroxylation is 1. The van der Waals surface area contributed by atoms with Gasteiger partial charge < -0.3 is 4.74 Å². The Morgan fingerprint density at radius 2 is 2.00 bits per heavy atom. The number of aromatic nitrogens is 2. The van der Waals surface area contributed by atoms with Gasteiger partial charge in [-0.3, -0.25) is 16.0 Å². The third kappa shape index (κ3) is 3.09. The molecule has 0 saturated heterocycles. The molecule has 3 N–H and O–H groups in total. The molecule has 1 heterocycles. The molecule has 0 aliphatic heterocycles. The Hall–Kier alpha value is -1.85. The molecule has 0 amide bonds. The molecule has 2 unspecified atom stereocenters. The monoisotopic (exact) mass is 288 g/mol. The summed E-state index contributed by atoms with van der Waals surface area (Å²) in [7, 11) is 1.66. The fraction of sp³-hybridized carbons (Fsp3) is 0.438. The molecule has 0 aliphatic carbocycles. The lowest BCUT2D eigenvalue weighted by Crippen LogP contribution is -2.34. The first-order valence-electron chi connectivity index (χ1n) is 7.37. The highest BCUT2D eigenvalue weighted by atomic mass is 16.5. The van der Waals surface area contributed by atoms with E-state index < -0.39 is 0 Å². The molecule has 1 aromatic heterocycles. The van der Waals surface area contributed by atoms with Crippen LogP contribution in [-0.2, 0) is 6.54 Å². The van der Waals surface area contributed by atoms with Gasteiger partial charge >= 0.3 is 0 Å². The normalized spacial score (nSPS) is 13.9. The highest BCUT2D eigenvalue weighted by Gasteiger charge is 2.28. The van der Waals surface area contributed by atoms with Gasteiger partial charge in [0, 0.05) is 12.5 Å². The molecule has 5 nitrogen and oxygen atoms in total. The van der Waals surface area contributed by atoms with Crippen molar-refractivity contribution < 1.29 is 4.74 Å². The minimum Gasteiger partial charge on any atom is -0.493 e. The lowest BCUT2D eigenvalue weighted by molar-refractivity contribution is 0.368. The van der Waals surface area contributed by atoms with Crippen LogP contribution in [0.3, 0.4) is 0 Å². The van der Waals surface area contributed by atoms with Crippen LogP contribution in [-0.4, -0.2) is 16.9 Å². The van der Waals surface area contributed by atoms with Gasteiger partial charge in [-0.05, 0) is 18.9 Å². The van der Waals surface area contributed by atoms with Gasteiger partial charge in [-0.15, -0.1) is 0 Å². The average Bonchev–Trinajstić information content (AvgIpc) is 2.96. The predicted octanol–water partition coefficient (Wildman–Crippen LogP) is 2.61. The van der Waals surface area contributed by atoms with Crippen molar-refractivity contribution in [2.24, 2.45) is 5.84 Å². The summed E-state index contributed by atoms with van der Waals surface area (Å²) >= 11 is 0. The van der Waals surface area contributed by atoms with Gasteiger partial charge in [-0.2, -0.15) is 5.10 Å². The lowest BCUT2D eigenvalue weighted by atomic mass is 9.87. The van der Waals surface area contributed by atoms with E-state index in [1.165, 1.54) is 5.56 Å². The summed E-state index contributed by atoms with van der Waals surface area (Å²) in [4.78, 5) is 0. The first kappa shape index (κ1) is 15.5. The van der Waals surface area contributed by atoms with Crippen LogP contribution in [0.25, 0.3) is 0 Å². The molecule has 2 rings (SSSR count). The Morgan fingerprint density at radius 3 is 2.52 bits per heavy atom. The van der Waals surface area contributed by atoms with Gasteiger partial charge in [0.05, 0.1) is 25.0 Å². The molecule has 21 heavy (non-hydrogen) atoms. The van der Waals surface area contributed by atoms with Crippen LogP contribution in [0.2, 0.25) is 0 Å². The second kappa shape index (κ2) is 7.24. The highest BCUT2D eigenvalue weighted by Crippen LogP contribution is 2.37. The molecule has 0 saturated carbocycles. The fourth-order valence-corrected chi connectivity index (χ4v) is 2.85. The summed E-state index contributed by atoms with van der Waals surface area (Å²) in [5, 5.41) is 4.38. The van der Waals surface area contributed by atoms with Gasteiger partial charge in [0.15, 0.2) is 5.75 Å². The van der Waals surface area contributed by atoms with Crippen LogP contribution in [0.5, 0.6) is 5.75 Å². The molecule has 5 heteroatoms. The minimum atomic E-state index is -0.0465. The molecule has 1 aromatic carbocycles. The van der Waals surface area contributed by atoms with E-state index in [0.29, 0.717) is 0 Å². The van der Waals surface area contributed by atoms with E-state index in [-0.39, 0.29) is 12.0 Å². The SMILES string of the molecule is CCC(c1ccccc1)C(NN)c1c(OC)cnn1CC. The van der Waals surface area contributed by atoms with Crippen LogP contribution in [0.1, 0.15) is 43.5 Å². The summed E-state index contributed by atoms with van der Waals surface area (Å²) in [5.41, 5.74) is 5.22. The Kier molecular flexibility index (Phi) is 5.36. The zero-order valence-corrected chi connectivity index (χ0v) is 12.9. The number of nitrogens with two attached hydrogens (primary N) is 1. The number of nitrogens with zero attached hydrogens (tertiary/aromatic N) is 2. The number of nitrogens with one attached hydrogen (secondary N) is 1. The predicted molar refractivity (Wildman–Crippen MR) is 84.0 cm³/mol. The van der Waals surface area contributed by atoms with Gasteiger partial charge in [0.2, 0.25) is 0 Å². The minimum absolute atomic E-state index is 0.0465. The summed E-state index contributed by atoms with van der Waals surface area (Å²) in [6.45, 7) is 5.01. The topological polar surface area (TPSA) is 65.1 Å². The number of rotatable bonds is 7. The van der Waals surface area contributed by atoms with Crippen LogP contribution in [0.15, 0.2) is 36.5 Å². The molecule has 0 radical (unpaired) electrons. The zero-order valence-electron chi connectivity index (χ0n) is 12.9. The van der Waals surface area contributed by atoms with E-state index in [4.69, 9.17) is 10.6 Å². The van der Waals surface area contributed by atoms with Crippen molar-refractivity contribution in [1.82, 2.24) is 15.2 Å². The van der Waals surface area contributed by atoms with E-state index in [0.717, 1.165) is 24.4 Å². The molecular formula is C16H24N4O. The number of hydrogen-bond acceptors (Lipinski definition) is 4. The Balaban J connectivity index is 2.45. The first-order valence-corrected chi connectivity index (χ1v) is 7.37. The summed E-state index contributed by atoms with van der Waals surface area (Å²) in [6, 6.07) is 10.4. The van der Waals surface area contributed by atoms with E-state index in [1.54, 1.807) is 13.3 Å². The third-order valence-corrected chi connectivity index (χ3v) is 3.91. The molecule has 2 aromatic rings. The Bertz CT molecular complexity index is 531. The number of hydrogen-bond donors (Lipinski definition) is 2. The quantitative estimate of drug-likeness (QED) is 0.607. The smallest absolute Gasteiger partial charge is 0.161 e. The molecule has 0 bridgehead atoms. The average molecular weight is 288 g/mol. The van der Waals surface area contributed by atoms with Gasteiger partial charge in [-0.25, -0.2) is 0 Å². The van der Waals surface area contributed by atoms with Crippen LogP contribution < -0.4 is 16.0 Å². The molecule has 2 atom stereocenters. The standard InChI is InChI=1S/C16H24N4O/c1-4-13(12-9-7-6-8-10-12)15(19-17)16-14(21-3)11-18-20(16)5-2/h6-11,13,15,19H,4-5,17H2,1-3H3. The maximum atomic E-state index is 5.88. The second-order valence-electron chi connectivity index (χ2n) is 4.98. The lowest BCUT2D eigenvalue weighted by Gasteiger charge is -2.27. The van der Waals surface area contributed by atoms with Crippen molar-refractivity contribution in [1.29, 1.82) is 0 Å². The van der Waals surface area contributed by atoms with E-state index in [1.807, 2.05) is 10.7 Å². The van der Waals surface area contributed by atoms with Crippen molar-refractivity contribution >= 4 is 0 Å². The summed E-state index contributed by atoms with van der Waals surface area (Å²) < 4.78 is 7.40. The van der Waals surface area contributed by atoms with Crippen molar-refractivity contribution in [2.45, 2.75) is 38.8 Å². The van der Waals surface area contributed by atoms with Crippen LogP contribution in [0, 0.1) is 0 Å². The highest BCUT2D eigenvalue weighted by molar-refractivity contribution is 5.33. The summed E-state index contributed by atoms with van der Waals surface area (Å²) in [5.74, 6) is 6.91. The van der Waals surface area contributed by atoms with Crippen molar-refractivity contribution in [2.75, 3.05) is 7.11 Å². The third-order valence-electron chi connectivity index (χ3n) is 3.91. The van der Waals surface area contributed by atoms with Crippen molar-refractivity contribution in [3.8, 4) is 5.75 Å². The number of benzene rings is 1. The number of hydrazine groups is 1. The Morgan fingerprint density at radius 1 is 1.29 bits per heavy atom. The van der Waals surface area contributed by atoms with Crippen LogP contribution in [0.4, 0.5) is 0 Å². The molecule has 0 spiro atoms. The first-order chi connectivity index (χ1) is 10.3. The van der Waals surface area contributed by atoms with Crippen LogP contribution >= 0.6 is 0 Å². The van der Waals surface area contributed by atoms with Crippen molar-refractivity contribution in [3.05, 3.63) is 47.8 Å². The van der Waals surface area contributed by atoms with E-state index >= 15 is 0 Å². The maximum Gasteiger partial charge on any atom is 0.161 e. The summed E-state index contributed by atoms with van der Waals surface area (Å²) in [6.07, 6.45) is 2.72. The second-order valence-corrected chi connectivity index (χ2v) is 4.98. The maximum absolute atomic E-state index is 5.88. The molecule has 114 valence electrons. The zero-order chi connectivity index (χ0) is 15.2. The van der Waals surface area contributed by atoms with Gasteiger partial charge in [0.1, 0.15) is 0 Å². The Labute approximate surface area is 126 Å².